The number of hydrogen-bond donors (Lipinski definition) is 1. The Kier molecular flexibility index (Phi) is 4.58. The smallest absolute Gasteiger partial charge is 0.260 e. The SMILES string of the molecule is O=C(C1CCCO1)N1CCC([C@@H]2C[C@H](C(F)F)n3ncnc3N2)CC1. The van der Waals surface area contributed by atoms with Crippen LogP contribution < -0.4 is 5.32 Å². The molecule has 0 radical (unpaired) electrons. The van der Waals surface area contributed by atoms with Crippen LogP contribution in [0.4, 0.5) is 14.7 Å². The summed E-state index contributed by atoms with van der Waals surface area (Å²) in [5.41, 5.74) is 0. The number of likely N-dealkylation sites (tertiary alicyclic amines) is 1. The number of anilines is 1. The summed E-state index contributed by atoms with van der Waals surface area (Å²) in [5, 5.41) is 7.17. The van der Waals surface area contributed by atoms with Crippen LogP contribution in [-0.2, 0) is 9.53 Å². The van der Waals surface area contributed by atoms with Gasteiger partial charge in [-0.05, 0) is 38.0 Å². The highest BCUT2D eigenvalue weighted by Crippen LogP contribution is 2.35. The van der Waals surface area contributed by atoms with Crippen molar-refractivity contribution in [3.8, 4) is 0 Å². The van der Waals surface area contributed by atoms with Crippen LogP contribution >= 0.6 is 0 Å². The first-order valence-corrected chi connectivity index (χ1v) is 8.98. The minimum atomic E-state index is -2.47. The fourth-order valence-corrected chi connectivity index (χ4v) is 4.20. The zero-order valence-electron chi connectivity index (χ0n) is 14.0. The van der Waals surface area contributed by atoms with Crippen molar-refractivity contribution in [1.29, 1.82) is 0 Å². The van der Waals surface area contributed by atoms with Gasteiger partial charge in [0, 0.05) is 25.7 Å². The van der Waals surface area contributed by atoms with E-state index in [0.717, 1.165) is 25.7 Å². The molecule has 2 fully saturated rings. The molecule has 1 amide bonds. The van der Waals surface area contributed by atoms with Gasteiger partial charge in [-0.15, -0.1) is 0 Å². The molecule has 0 aromatic carbocycles. The Morgan fingerprint density at radius 1 is 1.32 bits per heavy atom. The summed E-state index contributed by atoms with van der Waals surface area (Å²) < 4.78 is 33.5. The van der Waals surface area contributed by atoms with E-state index in [0.29, 0.717) is 32.1 Å². The molecule has 1 N–H and O–H groups in total. The molecule has 9 heteroatoms. The van der Waals surface area contributed by atoms with Crippen LogP contribution in [-0.4, -0.2) is 63.8 Å². The van der Waals surface area contributed by atoms with Gasteiger partial charge in [0.15, 0.2) is 0 Å². The summed E-state index contributed by atoms with van der Waals surface area (Å²) in [6, 6.07) is -0.994. The predicted molar refractivity (Wildman–Crippen MR) is 85.4 cm³/mol. The number of nitrogens with zero attached hydrogens (tertiary/aromatic N) is 4. The quantitative estimate of drug-likeness (QED) is 0.893. The molecule has 138 valence electrons. The molecule has 1 aromatic heterocycles. The Balaban J connectivity index is 1.37. The third-order valence-electron chi connectivity index (χ3n) is 5.61. The summed E-state index contributed by atoms with van der Waals surface area (Å²) in [6.45, 7) is 1.98. The molecule has 3 aliphatic rings. The van der Waals surface area contributed by atoms with Gasteiger partial charge in [-0.3, -0.25) is 4.79 Å². The van der Waals surface area contributed by atoms with Gasteiger partial charge in [0.25, 0.3) is 12.3 Å². The van der Waals surface area contributed by atoms with E-state index in [1.165, 1.54) is 11.0 Å². The van der Waals surface area contributed by atoms with E-state index in [1.54, 1.807) is 0 Å². The minimum Gasteiger partial charge on any atom is -0.368 e. The molecule has 0 saturated carbocycles. The first kappa shape index (κ1) is 16.7. The van der Waals surface area contributed by atoms with E-state index < -0.39 is 12.5 Å². The van der Waals surface area contributed by atoms with Gasteiger partial charge in [-0.1, -0.05) is 0 Å². The largest absolute Gasteiger partial charge is 0.368 e. The monoisotopic (exact) mass is 355 g/mol. The topological polar surface area (TPSA) is 72.3 Å². The lowest BCUT2D eigenvalue weighted by atomic mass is 9.85. The van der Waals surface area contributed by atoms with Crippen molar-refractivity contribution in [3.63, 3.8) is 0 Å². The van der Waals surface area contributed by atoms with Crippen molar-refractivity contribution < 1.29 is 18.3 Å². The lowest BCUT2D eigenvalue weighted by Gasteiger charge is -2.40. The molecular formula is C16H23F2N5O2. The number of carbonyl (C=O) groups is 1. The number of amides is 1. The number of halogens is 2. The first-order chi connectivity index (χ1) is 12.1. The van der Waals surface area contributed by atoms with Crippen molar-refractivity contribution in [2.24, 2.45) is 5.92 Å². The fourth-order valence-electron chi connectivity index (χ4n) is 4.20. The third kappa shape index (κ3) is 3.21. The van der Waals surface area contributed by atoms with Gasteiger partial charge < -0.3 is 15.0 Å². The number of hydrogen-bond acceptors (Lipinski definition) is 5. The zero-order valence-corrected chi connectivity index (χ0v) is 14.0. The molecule has 3 atom stereocenters. The van der Waals surface area contributed by atoms with E-state index in [-0.39, 0.29) is 24.0 Å². The Morgan fingerprint density at radius 3 is 2.80 bits per heavy atom. The van der Waals surface area contributed by atoms with Crippen molar-refractivity contribution in [2.45, 2.75) is 56.7 Å². The van der Waals surface area contributed by atoms with Gasteiger partial charge in [0.1, 0.15) is 18.5 Å². The van der Waals surface area contributed by atoms with Crippen LogP contribution in [0.5, 0.6) is 0 Å². The van der Waals surface area contributed by atoms with Crippen molar-refractivity contribution in [3.05, 3.63) is 6.33 Å². The Morgan fingerprint density at radius 2 is 2.12 bits per heavy atom. The second-order valence-electron chi connectivity index (χ2n) is 7.08. The number of rotatable bonds is 3. The number of ether oxygens (including phenoxy) is 1. The Bertz CT molecular complexity index is 611. The van der Waals surface area contributed by atoms with Gasteiger partial charge >= 0.3 is 0 Å². The van der Waals surface area contributed by atoms with Gasteiger partial charge in [-0.25, -0.2) is 13.5 Å². The second-order valence-corrected chi connectivity index (χ2v) is 7.08. The molecule has 1 unspecified atom stereocenters. The van der Waals surface area contributed by atoms with Crippen LogP contribution in [0.3, 0.4) is 0 Å². The molecule has 4 rings (SSSR count). The summed E-state index contributed by atoms with van der Waals surface area (Å²) in [5.74, 6) is 0.748. The second kappa shape index (κ2) is 6.86. The van der Waals surface area contributed by atoms with Crippen molar-refractivity contribution in [1.82, 2.24) is 19.7 Å². The number of fused-ring (bicyclic) bond motifs is 1. The van der Waals surface area contributed by atoms with Crippen LogP contribution in [0.2, 0.25) is 0 Å². The van der Waals surface area contributed by atoms with Crippen molar-refractivity contribution >= 4 is 11.9 Å². The highest BCUT2D eigenvalue weighted by Gasteiger charge is 2.39. The van der Waals surface area contributed by atoms with Gasteiger partial charge in [0.05, 0.1) is 0 Å². The molecule has 25 heavy (non-hydrogen) atoms. The maximum atomic E-state index is 13.4. The lowest BCUT2D eigenvalue weighted by molar-refractivity contribution is -0.142. The van der Waals surface area contributed by atoms with E-state index >= 15 is 0 Å². The van der Waals surface area contributed by atoms with Crippen LogP contribution in [0.1, 0.15) is 38.1 Å². The summed E-state index contributed by atoms with van der Waals surface area (Å²) >= 11 is 0. The molecule has 1 aromatic rings. The van der Waals surface area contributed by atoms with Gasteiger partial charge in [0.2, 0.25) is 5.95 Å². The Labute approximate surface area is 144 Å². The molecule has 0 spiro atoms. The first-order valence-electron chi connectivity index (χ1n) is 8.98. The molecule has 2 saturated heterocycles. The lowest BCUT2D eigenvalue weighted by Crippen LogP contribution is -2.48. The van der Waals surface area contributed by atoms with E-state index in [2.05, 4.69) is 15.4 Å². The third-order valence-corrected chi connectivity index (χ3v) is 5.61. The molecule has 3 aliphatic heterocycles. The molecule has 7 nitrogen and oxygen atoms in total. The van der Waals surface area contributed by atoms with Gasteiger partial charge in [-0.2, -0.15) is 10.1 Å². The number of piperidine rings is 1. The summed E-state index contributed by atoms with van der Waals surface area (Å²) in [4.78, 5) is 18.3. The highest BCUT2D eigenvalue weighted by atomic mass is 19.3. The van der Waals surface area contributed by atoms with Crippen molar-refractivity contribution in [2.75, 3.05) is 25.0 Å². The number of alkyl halides is 2. The maximum Gasteiger partial charge on any atom is 0.260 e. The summed E-state index contributed by atoms with van der Waals surface area (Å²) in [6.07, 6.45) is 2.24. The van der Waals surface area contributed by atoms with E-state index in [9.17, 15) is 13.6 Å². The Hall–Kier alpha value is -1.77. The minimum absolute atomic E-state index is 0.0596. The number of aromatic nitrogens is 3. The standard InChI is InChI=1S/C16H23F2N5O2/c17-14(18)12-8-11(21-16-19-9-20-23(12)16)10-3-5-22(6-4-10)15(24)13-2-1-7-25-13/h9-14H,1-8H2,(H,19,20,21)/t11-,12+,13?/m0/s1. The average Bonchev–Trinajstić information content (AvgIpc) is 3.31. The fraction of sp³-hybridized carbons (Fsp3) is 0.812. The van der Waals surface area contributed by atoms with E-state index in [4.69, 9.17) is 4.74 Å². The molecule has 0 aliphatic carbocycles. The number of carbonyl (C=O) groups excluding carboxylic acids is 1. The molecule has 4 heterocycles. The van der Waals surface area contributed by atoms with Crippen LogP contribution in [0, 0.1) is 5.92 Å². The number of nitrogens with one attached hydrogen (secondary N) is 1. The zero-order chi connectivity index (χ0) is 17.4. The summed E-state index contributed by atoms with van der Waals surface area (Å²) in [7, 11) is 0. The highest BCUT2D eigenvalue weighted by molar-refractivity contribution is 5.81. The normalized spacial score (nSPS) is 30.4. The maximum absolute atomic E-state index is 13.4. The predicted octanol–water partition coefficient (Wildman–Crippen LogP) is 1.69. The molecule has 0 bridgehead atoms. The van der Waals surface area contributed by atoms with Crippen LogP contribution in [0.15, 0.2) is 6.33 Å². The van der Waals surface area contributed by atoms with Crippen LogP contribution in [0.25, 0.3) is 0 Å². The molecular weight excluding hydrogens is 332 g/mol. The average molecular weight is 355 g/mol. The van der Waals surface area contributed by atoms with E-state index in [1.807, 2.05) is 4.90 Å².